The van der Waals surface area contributed by atoms with E-state index >= 15 is 0 Å². The summed E-state index contributed by atoms with van der Waals surface area (Å²) in [5, 5.41) is 4.40. The Balaban J connectivity index is 2.30. The molecule has 0 aliphatic carbocycles. The Morgan fingerprint density at radius 2 is 1.75 bits per heavy atom. The molecule has 2 rings (SSSR count). The summed E-state index contributed by atoms with van der Waals surface area (Å²) in [6, 6.07) is 8.21. The SMILES string of the molecule is Cc1ccc(Cn2nc(C)c(NS(C)(=O)=O)c2C)cc1. The van der Waals surface area contributed by atoms with Crippen LogP contribution < -0.4 is 4.72 Å². The van der Waals surface area contributed by atoms with Crippen molar-refractivity contribution in [1.29, 1.82) is 0 Å². The standard InChI is InChI=1S/C14H19N3O2S/c1-10-5-7-13(8-6-10)9-17-12(3)14(11(2)15-17)16-20(4,18)19/h5-8,16H,9H2,1-4H3. The predicted molar refractivity (Wildman–Crippen MR) is 80.4 cm³/mol. The smallest absolute Gasteiger partial charge is 0.229 e. The maximum absolute atomic E-state index is 11.4. The van der Waals surface area contributed by atoms with Crippen molar-refractivity contribution >= 4 is 15.7 Å². The normalized spacial score (nSPS) is 11.6. The molecule has 6 heteroatoms. The van der Waals surface area contributed by atoms with Gasteiger partial charge in [-0.2, -0.15) is 5.10 Å². The monoisotopic (exact) mass is 293 g/mol. The van der Waals surface area contributed by atoms with E-state index < -0.39 is 10.0 Å². The van der Waals surface area contributed by atoms with E-state index in [4.69, 9.17) is 0 Å². The van der Waals surface area contributed by atoms with Gasteiger partial charge in [0.2, 0.25) is 10.0 Å². The molecule has 0 bridgehead atoms. The van der Waals surface area contributed by atoms with Crippen molar-refractivity contribution in [3.8, 4) is 0 Å². The van der Waals surface area contributed by atoms with E-state index in [1.54, 1.807) is 6.92 Å². The van der Waals surface area contributed by atoms with Crippen LogP contribution in [0.3, 0.4) is 0 Å². The molecule has 2 aromatic rings. The molecule has 0 fully saturated rings. The third kappa shape index (κ3) is 3.39. The first-order valence-electron chi connectivity index (χ1n) is 6.33. The maximum atomic E-state index is 11.4. The Bertz CT molecular complexity index is 716. The average Bonchev–Trinajstić information content (AvgIpc) is 2.58. The minimum absolute atomic E-state index is 0.569. The second-order valence-electron chi connectivity index (χ2n) is 5.06. The van der Waals surface area contributed by atoms with Gasteiger partial charge in [0.15, 0.2) is 0 Å². The van der Waals surface area contributed by atoms with Crippen molar-refractivity contribution in [2.75, 3.05) is 11.0 Å². The van der Waals surface area contributed by atoms with E-state index in [0.29, 0.717) is 17.9 Å². The van der Waals surface area contributed by atoms with E-state index in [2.05, 4.69) is 34.1 Å². The van der Waals surface area contributed by atoms with E-state index in [9.17, 15) is 8.42 Å². The number of rotatable bonds is 4. The van der Waals surface area contributed by atoms with Gasteiger partial charge in [0.05, 0.1) is 29.9 Å². The fraction of sp³-hybridized carbons (Fsp3) is 0.357. The third-order valence-electron chi connectivity index (χ3n) is 3.12. The van der Waals surface area contributed by atoms with Crippen molar-refractivity contribution in [3.63, 3.8) is 0 Å². The molecule has 0 saturated carbocycles. The van der Waals surface area contributed by atoms with Crippen molar-refractivity contribution in [1.82, 2.24) is 9.78 Å². The first kappa shape index (κ1) is 14.6. The number of aromatic nitrogens is 2. The molecular weight excluding hydrogens is 274 g/mol. The molecule has 0 unspecified atom stereocenters. The number of hydrogen-bond acceptors (Lipinski definition) is 3. The average molecular weight is 293 g/mol. The lowest BCUT2D eigenvalue weighted by Gasteiger charge is -2.07. The highest BCUT2D eigenvalue weighted by Crippen LogP contribution is 2.21. The topological polar surface area (TPSA) is 64.0 Å². The van der Waals surface area contributed by atoms with E-state index in [0.717, 1.165) is 17.5 Å². The molecule has 0 spiro atoms. The van der Waals surface area contributed by atoms with Gasteiger partial charge >= 0.3 is 0 Å². The highest BCUT2D eigenvalue weighted by atomic mass is 32.2. The van der Waals surface area contributed by atoms with Crippen LogP contribution in [0.4, 0.5) is 5.69 Å². The molecule has 5 nitrogen and oxygen atoms in total. The quantitative estimate of drug-likeness (QED) is 0.940. The van der Waals surface area contributed by atoms with Gasteiger partial charge in [-0.3, -0.25) is 9.40 Å². The van der Waals surface area contributed by atoms with Gasteiger partial charge in [-0.1, -0.05) is 29.8 Å². The first-order valence-corrected chi connectivity index (χ1v) is 8.23. The van der Waals surface area contributed by atoms with Crippen LogP contribution in [-0.4, -0.2) is 24.5 Å². The largest absolute Gasteiger partial charge is 0.280 e. The lowest BCUT2D eigenvalue weighted by molar-refractivity contribution is 0.606. The summed E-state index contributed by atoms with van der Waals surface area (Å²) >= 11 is 0. The minimum Gasteiger partial charge on any atom is -0.280 e. The summed E-state index contributed by atoms with van der Waals surface area (Å²) in [6.07, 6.45) is 1.14. The molecule has 0 atom stereocenters. The highest BCUT2D eigenvalue weighted by Gasteiger charge is 2.14. The van der Waals surface area contributed by atoms with Crippen molar-refractivity contribution < 1.29 is 8.42 Å². The van der Waals surface area contributed by atoms with Crippen LogP contribution in [0.2, 0.25) is 0 Å². The molecule has 0 amide bonds. The van der Waals surface area contributed by atoms with E-state index in [1.807, 2.05) is 18.5 Å². The number of anilines is 1. The zero-order chi connectivity index (χ0) is 14.9. The molecule has 1 aromatic heterocycles. The minimum atomic E-state index is -3.29. The number of nitrogens with zero attached hydrogens (tertiary/aromatic N) is 2. The van der Waals surface area contributed by atoms with E-state index in [1.165, 1.54) is 5.56 Å². The zero-order valence-electron chi connectivity index (χ0n) is 12.1. The van der Waals surface area contributed by atoms with Gasteiger partial charge in [-0.25, -0.2) is 8.42 Å². The maximum Gasteiger partial charge on any atom is 0.229 e. The zero-order valence-corrected chi connectivity index (χ0v) is 13.0. The molecular formula is C14H19N3O2S. The predicted octanol–water partition coefficient (Wildman–Crippen LogP) is 2.23. The summed E-state index contributed by atoms with van der Waals surface area (Å²) in [5.41, 5.74) is 4.40. The van der Waals surface area contributed by atoms with Gasteiger partial charge in [-0.05, 0) is 26.3 Å². The van der Waals surface area contributed by atoms with Crippen molar-refractivity contribution in [2.45, 2.75) is 27.3 Å². The summed E-state index contributed by atoms with van der Waals surface area (Å²) in [6.45, 7) is 6.33. The van der Waals surface area contributed by atoms with Crippen LogP contribution in [0.1, 0.15) is 22.5 Å². The Morgan fingerprint density at radius 3 is 2.30 bits per heavy atom. The second kappa shape index (κ2) is 5.28. The van der Waals surface area contributed by atoms with Crippen LogP contribution >= 0.6 is 0 Å². The number of sulfonamides is 1. The first-order chi connectivity index (χ1) is 9.26. The summed E-state index contributed by atoms with van der Waals surface area (Å²) in [7, 11) is -3.29. The summed E-state index contributed by atoms with van der Waals surface area (Å²) in [4.78, 5) is 0. The van der Waals surface area contributed by atoms with E-state index in [-0.39, 0.29) is 0 Å². The molecule has 1 heterocycles. The fourth-order valence-electron chi connectivity index (χ4n) is 2.05. The Labute approximate surface area is 119 Å². The van der Waals surface area contributed by atoms with Crippen LogP contribution in [0, 0.1) is 20.8 Å². The van der Waals surface area contributed by atoms with Crippen molar-refractivity contribution in [2.24, 2.45) is 0 Å². The molecule has 0 aliphatic rings. The fourth-order valence-corrected chi connectivity index (χ4v) is 2.72. The molecule has 0 saturated heterocycles. The molecule has 20 heavy (non-hydrogen) atoms. The molecule has 0 aliphatic heterocycles. The second-order valence-corrected chi connectivity index (χ2v) is 6.81. The molecule has 108 valence electrons. The summed E-state index contributed by atoms with van der Waals surface area (Å²) < 4.78 is 27.1. The lowest BCUT2D eigenvalue weighted by atomic mass is 10.1. The molecule has 0 radical (unpaired) electrons. The van der Waals surface area contributed by atoms with Gasteiger partial charge < -0.3 is 0 Å². The number of aryl methyl sites for hydroxylation is 2. The van der Waals surface area contributed by atoms with Crippen LogP contribution in [0.5, 0.6) is 0 Å². The number of nitrogens with one attached hydrogen (secondary N) is 1. The third-order valence-corrected chi connectivity index (χ3v) is 3.70. The Kier molecular flexibility index (Phi) is 3.85. The van der Waals surface area contributed by atoms with Crippen LogP contribution in [0.15, 0.2) is 24.3 Å². The van der Waals surface area contributed by atoms with Gasteiger partial charge in [0.25, 0.3) is 0 Å². The number of benzene rings is 1. The molecule has 1 aromatic carbocycles. The van der Waals surface area contributed by atoms with Crippen LogP contribution in [-0.2, 0) is 16.6 Å². The molecule has 1 N–H and O–H groups in total. The highest BCUT2D eigenvalue weighted by molar-refractivity contribution is 7.92. The summed E-state index contributed by atoms with van der Waals surface area (Å²) in [5.74, 6) is 0. The lowest BCUT2D eigenvalue weighted by Crippen LogP contribution is -2.11. The van der Waals surface area contributed by atoms with Gasteiger partial charge in [-0.15, -0.1) is 0 Å². The van der Waals surface area contributed by atoms with Gasteiger partial charge in [0.1, 0.15) is 0 Å². The van der Waals surface area contributed by atoms with Crippen molar-refractivity contribution in [3.05, 3.63) is 46.8 Å². The number of hydrogen-bond donors (Lipinski definition) is 1. The Hall–Kier alpha value is -1.82. The van der Waals surface area contributed by atoms with Gasteiger partial charge in [0, 0.05) is 0 Å². The van der Waals surface area contributed by atoms with Crippen LogP contribution in [0.25, 0.3) is 0 Å². The Morgan fingerprint density at radius 1 is 1.15 bits per heavy atom.